The summed E-state index contributed by atoms with van der Waals surface area (Å²) in [5, 5.41) is 13.7. The molecule has 6 atom stereocenters. The topological polar surface area (TPSA) is 217 Å². The lowest BCUT2D eigenvalue weighted by molar-refractivity contribution is -0.478. The van der Waals surface area contributed by atoms with Crippen molar-refractivity contribution in [2.45, 2.75) is 36.6 Å². The van der Waals surface area contributed by atoms with Crippen molar-refractivity contribution < 1.29 is 75.0 Å². The summed E-state index contributed by atoms with van der Waals surface area (Å²) in [6, 6.07) is 0. The Morgan fingerprint density at radius 2 is 0.780 bits per heavy atom. The lowest BCUT2D eigenvalue weighted by Gasteiger charge is -2.52. The first-order chi connectivity index (χ1) is 19.9. The van der Waals surface area contributed by atoms with Crippen molar-refractivity contribution in [2.24, 2.45) is 0 Å². The molecule has 1 aliphatic rings. The summed E-state index contributed by atoms with van der Waals surface area (Å²) in [5.74, 6) is 0. The van der Waals surface area contributed by atoms with Crippen LogP contribution in [0.3, 0.4) is 0 Å². The van der Waals surface area contributed by atoms with Crippen LogP contribution in [-0.2, 0) is 72.9 Å². The van der Waals surface area contributed by atoms with Gasteiger partial charge in [0.1, 0.15) is 18.3 Å². The number of hydrogen-bond donors (Lipinski definition) is 0. The molecule has 0 aromatic rings. The second-order valence-corrected chi connectivity index (χ2v) is 12.3. The molecule has 0 aromatic carbocycles. The maximum absolute atomic E-state index is 13.7. The molecule has 1 fully saturated rings. The molecule has 4 unspecified atom stereocenters. The van der Waals surface area contributed by atoms with E-state index in [1.807, 2.05) is 0 Å². The van der Waals surface area contributed by atoms with E-state index in [9.17, 15) is 23.3 Å². The van der Waals surface area contributed by atoms with Gasteiger partial charge in [0.15, 0.2) is 0 Å². The van der Waals surface area contributed by atoms with Gasteiger partial charge in [0.05, 0.1) is 107 Å². The molecule has 1 saturated carbocycles. The average Bonchev–Trinajstić information content (AvgIpc) is 2.94. The summed E-state index contributed by atoms with van der Waals surface area (Å²) in [6.07, 6.45) is -8.03. The maximum atomic E-state index is 13.7. The lowest BCUT2D eigenvalue weighted by Crippen LogP contribution is -2.70. The van der Waals surface area contributed by atoms with Crippen LogP contribution in [-0.4, -0.2) is 155 Å². The van der Waals surface area contributed by atoms with Crippen molar-refractivity contribution >= 4 is 36.4 Å². The molecular weight excluding hydrogens is 634 g/mol. The molecule has 0 spiro atoms. The average molecular weight is 674 g/mol. The van der Waals surface area contributed by atoms with E-state index in [1.165, 1.54) is 21.3 Å². The first-order valence-corrected chi connectivity index (χ1v) is 17.5. The summed E-state index contributed by atoms with van der Waals surface area (Å²) in [7, 11) is -1.73. The summed E-state index contributed by atoms with van der Waals surface area (Å²) in [5.41, 5.74) is 0. The second kappa shape index (κ2) is 25.9. The van der Waals surface area contributed by atoms with Gasteiger partial charge in [-0.05, 0) is 0 Å². The zero-order valence-corrected chi connectivity index (χ0v) is 26.6. The van der Waals surface area contributed by atoms with Crippen LogP contribution in [0.4, 0.5) is 0 Å². The van der Waals surface area contributed by atoms with E-state index >= 15 is 0 Å². The SMILES string of the molecule is COCCOCCOC1C([O-])[C@@H](OCCOCCOC)C(OP=S([O-])[O-])C(OCCOCCOC)[C@H]1OP=S([O-])[O-]. The fraction of sp³-hybridized carbons (Fsp3) is 1.00. The fourth-order valence-electron chi connectivity index (χ4n) is 3.56. The summed E-state index contributed by atoms with van der Waals surface area (Å²) < 4.78 is 105. The monoisotopic (exact) mass is 673 g/mol. The van der Waals surface area contributed by atoms with Crippen molar-refractivity contribution in [1.29, 1.82) is 0 Å². The summed E-state index contributed by atoms with van der Waals surface area (Å²) in [6.45, 7) is 2.15. The molecule has 1 rings (SSSR count). The van der Waals surface area contributed by atoms with Gasteiger partial charge in [-0.2, -0.15) is 0 Å². The Labute approximate surface area is 248 Å². The molecule has 20 heteroatoms. The smallest absolute Gasteiger partial charge is 0.123 e. The molecule has 0 heterocycles. The highest BCUT2D eigenvalue weighted by Gasteiger charge is 2.50. The van der Waals surface area contributed by atoms with Crippen LogP contribution in [0.2, 0.25) is 0 Å². The predicted molar refractivity (Wildman–Crippen MR) is 143 cm³/mol. The van der Waals surface area contributed by atoms with E-state index in [0.717, 1.165) is 0 Å². The zero-order chi connectivity index (χ0) is 30.3. The Bertz CT molecular complexity index is 656. The Kier molecular flexibility index (Phi) is 25.1. The number of ether oxygens (including phenoxy) is 9. The van der Waals surface area contributed by atoms with E-state index in [4.69, 9.17) is 51.7 Å². The normalized spacial score (nSPS) is 25.2. The molecule has 0 aliphatic heterocycles. The highest BCUT2D eigenvalue weighted by atomic mass is 32.5. The molecule has 0 amide bonds. The number of rotatable bonds is 25. The molecule has 16 nitrogen and oxygen atoms in total. The van der Waals surface area contributed by atoms with E-state index in [2.05, 4.69) is 0 Å². The van der Waals surface area contributed by atoms with Gasteiger partial charge in [-0.1, -0.05) is 6.10 Å². The molecule has 0 saturated heterocycles. The van der Waals surface area contributed by atoms with E-state index in [1.54, 1.807) is 0 Å². The van der Waals surface area contributed by atoms with Crippen molar-refractivity contribution in [3.8, 4) is 0 Å². The Morgan fingerprint density at radius 1 is 0.463 bits per heavy atom. The van der Waals surface area contributed by atoms with Crippen LogP contribution in [0.25, 0.3) is 0 Å². The van der Waals surface area contributed by atoms with Gasteiger partial charge >= 0.3 is 0 Å². The van der Waals surface area contributed by atoms with Gasteiger partial charge in [-0.15, -0.1) is 0 Å². The highest BCUT2D eigenvalue weighted by Crippen LogP contribution is 2.35. The third-order valence-electron chi connectivity index (χ3n) is 5.30. The molecular formula is C21H39O16P2S2-5. The minimum absolute atomic E-state index is 0.0357. The Morgan fingerprint density at radius 3 is 1.10 bits per heavy atom. The Hall–Kier alpha value is 0.660. The van der Waals surface area contributed by atoms with Gasteiger partial charge in [-0.25, -0.2) is 0 Å². The van der Waals surface area contributed by atoms with Crippen LogP contribution in [0.5, 0.6) is 0 Å². The number of hydrogen-bond acceptors (Lipinski definition) is 16. The molecule has 0 aromatic heterocycles. The molecule has 41 heavy (non-hydrogen) atoms. The first kappa shape index (κ1) is 39.7. The third kappa shape index (κ3) is 17.7. The van der Waals surface area contributed by atoms with Crippen molar-refractivity contribution in [2.75, 3.05) is 101 Å². The van der Waals surface area contributed by atoms with Gasteiger partial charge in [0.25, 0.3) is 0 Å². The van der Waals surface area contributed by atoms with Crippen molar-refractivity contribution in [3.63, 3.8) is 0 Å². The second-order valence-electron chi connectivity index (χ2n) is 8.01. The zero-order valence-electron chi connectivity index (χ0n) is 23.2. The van der Waals surface area contributed by atoms with Crippen LogP contribution < -0.4 is 5.11 Å². The van der Waals surface area contributed by atoms with E-state index in [-0.39, 0.29) is 46.2 Å². The predicted octanol–water partition coefficient (Wildman–Crippen LogP) is -1.05. The van der Waals surface area contributed by atoms with E-state index in [0.29, 0.717) is 33.0 Å². The summed E-state index contributed by atoms with van der Waals surface area (Å²) in [4.78, 5) is 0. The van der Waals surface area contributed by atoms with Gasteiger partial charge in [-0.3, -0.25) is 0 Å². The third-order valence-corrected chi connectivity index (χ3v) is 7.45. The van der Waals surface area contributed by atoms with Gasteiger partial charge in [0.2, 0.25) is 0 Å². The standard InChI is InChI=1S/C21H39O16P2S2/c1-27-4-7-30-10-13-33-17-16(22)18(34-14-11-31-8-5-28-2)21(37-39-41(25)26)19(20(17)36-38-40(23)24)35-15-12-32-9-6-29-3/h16-21H,4-15H2,1-3H3/q-5/t16?,17-,18?,19?,20?,21+/m1/s1. The molecule has 1 aliphatic carbocycles. The minimum atomic E-state index is -2.66. The van der Waals surface area contributed by atoms with Crippen LogP contribution in [0, 0.1) is 0 Å². The molecule has 0 radical (unpaired) electrons. The highest BCUT2D eigenvalue weighted by molar-refractivity contribution is 8.12. The van der Waals surface area contributed by atoms with Crippen molar-refractivity contribution in [3.05, 3.63) is 0 Å². The van der Waals surface area contributed by atoms with E-state index < -0.39 is 73.1 Å². The number of methoxy groups -OCH3 is 3. The quantitative estimate of drug-likeness (QED) is 0.0835. The lowest BCUT2D eigenvalue weighted by atomic mass is 9.84. The first-order valence-electron chi connectivity index (χ1n) is 12.5. The Balaban J connectivity index is 3.20. The molecule has 0 N–H and O–H groups in total. The van der Waals surface area contributed by atoms with Gasteiger partial charge in [0, 0.05) is 21.3 Å². The van der Waals surface area contributed by atoms with Crippen LogP contribution in [0.15, 0.2) is 0 Å². The van der Waals surface area contributed by atoms with Gasteiger partial charge < -0.3 is 96.3 Å². The van der Waals surface area contributed by atoms with Crippen LogP contribution >= 0.6 is 15.2 Å². The molecule has 246 valence electrons. The maximum Gasteiger partial charge on any atom is 0.123 e. The fourth-order valence-corrected chi connectivity index (χ4v) is 5.40. The largest absolute Gasteiger partial charge is 0.848 e. The molecule has 0 bridgehead atoms. The minimum Gasteiger partial charge on any atom is -0.848 e. The van der Waals surface area contributed by atoms with Crippen LogP contribution in [0.1, 0.15) is 0 Å². The summed E-state index contributed by atoms with van der Waals surface area (Å²) >= 11 is 0. The van der Waals surface area contributed by atoms with Crippen molar-refractivity contribution in [1.82, 2.24) is 0 Å².